The van der Waals surface area contributed by atoms with Gasteiger partial charge < -0.3 is 24.6 Å². The Bertz CT molecular complexity index is 1410. The molecular weight excluding hydrogens is 610 g/mol. The molecular formula is C31H36F6N2O6. The van der Waals surface area contributed by atoms with Gasteiger partial charge in [-0.25, -0.2) is 4.79 Å². The second kappa shape index (κ2) is 12.3. The highest BCUT2D eigenvalue weighted by atomic mass is 19.4. The van der Waals surface area contributed by atoms with Crippen molar-refractivity contribution in [3.05, 3.63) is 53.1 Å². The third-order valence-corrected chi connectivity index (χ3v) is 8.06. The summed E-state index contributed by atoms with van der Waals surface area (Å²) in [7, 11) is 0. The normalized spacial score (nSPS) is 19.1. The summed E-state index contributed by atoms with van der Waals surface area (Å²) in [6.07, 6.45) is -10.9. The van der Waals surface area contributed by atoms with Crippen LogP contribution < -0.4 is 19.5 Å². The SMILES string of the molecule is CCCc1cc(C(O)(C(F)(F)F)C(F)(F)F)ccc1OCCCCN1C(=O)NC(c2ccc3c(c2)OCCO3)(C(C)(C)C)C1=O. The molecule has 1 saturated heterocycles. The summed E-state index contributed by atoms with van der Waals surface area (Å²) >= 11 is 0. The molecule has 0 aromatic heterocycles. The molecule has 2 aromatic rings. The second-order valence-corrected chi connectivity index (χ2v) is 12.1. The van der Waals surface area contributed by atoms with E-state index in [1.54, 1.807) is 25.1 Å². The van der Waals surface area contributed by atoms with Gasteiger partial charge in [0.05, 0.1) is 6.61 Å². The predicted molar refractivity (Wildman–Crippen MR) is 150 cm³/mol. The first-order chi connectivity index (χ1) is 20.9. The molecule has 0 bridgehead atoms. The average molecular weight is 647 g/mol. The summed E-state index contributed by atoms with van der Waals surface area (Å²) < 4.78 is 97.3. The fourth-order valence-electron chi connectivity index (χ4n) is 5.64. The summed E-state index contributed by atoms with van der Waals surface area (Å²) in [4.78, 5) is 28.1. The molecule has 4 rings (SSSR count). The minimum Gasteiger partial charge on any atom is -0.493 e. The van der Waals surface area contributed by atoms with E-state index in [-0.39, 0.29) is 30.9 Å². The molecule has 0 spiro atoms. The number of hydrogen-bond acceptors (Lipinski definition) is 6. The quantitative estimate of drug-likeness (QED) is 0.177. The van der Waals surface area contributed by atoms with E-state index in [0.29, 0.717) is 61.7 Å². The van der Waals surface area contributed by atoms with E-state index in [2.05, 4.69) is 5.32 Å². The molecule has 2 heterocycles. The van der Waals surface area contributed by atoms with Crippen LogP contribution in [0.2, 0.25) is 0 Å². The van der Waals surface area contributed by atoms with Crippen LogP contribution in [0, 0.1) is 5.41 Å². The van der Waals surface area contributed by atoms with Crippen LogP contribution >= 0.6 is 0 Å². The van der Waals surface area contributed by atoms with Crippen LogP contribution in [-0.4, -0.2) is 60.7 Å². The zero-order valence-electron chi connectivity index (χ0n) is 25.3. The number of hydrogen-bond donors (Lipinski definition) is 2. The maximum atomic E-state index is 13.9. The lowest BCUT2D eigenvalue weighted by Gasteiger charge is -2.40. The number of ether oxygens (including phenoxy) is 3. The van der Waals surface area contributed by atoms with Gasteiger partial charge in [0, 0.05) is 12.1 Å². The molecule has 2 aliphatic heterocycles. The zero-order chi connectivity index (χ0) is 33.4. The topological polar surface area (TPSA) is 97.3 Å². The molecule has 248 valence electrons. The third kappa shape index (κ3) is 6.12. The highest BCUT2D eigenvalue weighted by Crippen LogP contribution is 2.51. The van der Waals surface area contributed by atoms with E-state index in [9.17, 15) is 41.0 Å². The number of rotatable bonds is 10. The first-order valence-electron chi connectivity index (χ1n) is 14.5. The number of unbranched alkanes of at least 4 members (excludes halogenated alkanes) is 1. The molecule has 2 aromatic carbocycles. The number of imide groups is 1. The monoisotopic (exact) mass is 646 g/mol. The molecule has 0 saturated carbocycles. The van der Waals surface area contributed by atoms with Crippen molar-refractivity contribution >= 4 is 11.9 Å². The van der Waals surface area contributed by atoms with Crippen molar-refractivity contribution < 1.29 is 55.2 Å². The van der Waals surface area contributed by atoms with E-state index >= 15 is 0 Å². The van der Waals surface area contributed by atoms with Gasteiger partial charge in [0.2, 0.25) is 0 Å². The molecule has 0 aliphatic carbocycles. The summed E-state index contributed by atoms with van der Waals surface area (Å²) in [5.74, 6) is 0.640. The Morgan fingerprint density at radius 2 is 1.58 bits per heavy atom. The van der Waals surface area contributed by atoms with Gasteiger partial charge in [-0.2, -0.15) is 26.3 Å². The number of aliphatic hydroxyl groups is 1. The molecule has 1 unspecified atom stereocenters. The van der Waals surface area contributed by atoms with Crippen LogP contribution in [-0.2, 0) is 22.4 Å². The van der Waals surface area contributed by atoms with Gasteiger partial charge in [-0.3, -0.25) is 9.69 Å². The predicted octanol–water partition coefficient (Wildman–Crippen LogP) is 6.37. The number of alkyl halides is 6. The molecule has 2 N–H and O–H groups in total. The summed E-state index contributed by atoms with van der Waals surface area (Å²) in [6.45, 7) is 8.00. The fraction of sp³-hybridized carbons (Fsp3) is 0.548. The average Bonchev–Trinajstić information content (AvgIpc) is 3.21. The van der Waals surface area contributed by atoms with E-state index < -0.39 is 46.4 Å². The van der Waals surface area contributed by atoms with Crippen LogP contribution in [0.3, 0.4) is 0 Å². The lowest BCUT2D eigenvalue weighted by atomic mass is 9.69. The number of carbonyl (C=O) groups is 2. The lowest BCUT2D eigenvalue weighted by molar-refractivity contribution is -0.376. The van der Waals surface area contributed by atoms with Crippen molar-refractivity contribution in [3.8, 4) is 17.2 Å². The first-order valence-corrected chi connectivity index (χ1v) is 14.5. The molecule has 8 nitrogen and oxygen atoms in total. The van der Waals surface area contributed by atoms with Gasteiger partial charge in [0.1, 0.15) is 19.0 Å². The first kappa shape index (κ1) is 34.2. The smallest absolute Gasteiger partial charge is 0.430 e. The van der Waals surface area contributed by atoms with Crippen molar-refractivity contribution in [2.24, 2.45) is 5.41 Å². The molecule has 1 atom stereocenters. The molecule has 14 heteroatoms. The Morgan fingerprint density at radius 3 is 2.18 bits per heavy atom. The zero-order valence-corrected chi connectivity index (χ0v) is 25.3. The number of aryl methyl sites for hydroxylation is 1. The number of halogens is 6. The van der Waals surface area contributed by atoms with Crippen molar-refractivity contribution in [2.45, 2.75) is 76.9 Å². The van der Waals surface area contributed by atoms with Crippen LogP contribution in [0.15, 0.2) is 36.4 Å². The summed E-state index contributed by atoms with van der Waals surface area (Å²) in [5.41, 5.74) is -7.90. The lowest BCUT2D eigenvalue weighted by Crippen LogP contribution is -2.54. The maximum absolute atomic E-state index is 13.9. The van der Waals surface area contributed by atoms with Crippen LogP contribution in [0.25, 0.3) is 0 Å². The number of nitrogens with zero attached hydrogens (tertiary/aromatic N) is 1. The highest BCUT2D eigenvalue weighted by molar-refractivity contribution is 6.08. The molecule has 2 aliphatic rings. The van der Waals surface area contributed by atoms with Gasteiger partial charge >= 0.3 is 18.4 Å². The number of carbonyl (C=O) groups excluding carboxylic acids is 2. The molecule has 45 heavy (non-hydrogen) atoms. The Balaban J connectivity index is 1.44. The number of nitrogens with one attached hydrogen (secondary N) is 1. The van der Waals surface area contributed by atoms with Crippen LogP contribution in [0.1, 0.15) is 63.6 Å². The Morgan fingerprint density at radius 1 is 0.933 bits per heavy atom. The van der Waals surface area contributed by atoms with E-state index in [0.717, 1.165) is 11.0 Å². The Kier molecular flexibility index (Phi) is 9.31. The fourth-order valence-corrected chi connectivity index (χ4v) is 5.64. The molecule has 1 fully saturated rings. The van der Waals surface area contributed by atoms with Crippen molar-refractivity contribution in [2.75, 3.05) is 26.4 Å². The number of amides is 3. The number of fused-ring (bicyclic) bond motifs is 1. The van der Waals surface area contributed by atoms with Gasteiger partial charge in [-0.1, -0.05) is 46.2 Å². The van der Waals surface area contributed by atoms with Gasteiger partial charge in [-0.05, 0) is 60.1 Å². The Hall–Kier alpha value is -3.68. The largest absolute Gasteiger partial charge is 0.493 e. The minimum absolute atomic E-state index is 0.00902. The van der Waals surface area contributed by atoms with Gasteiger partial charge in [-0.15, -0.1) is 0 Å². The number of urea groups is 1. The van der Waals surface area contributed by atoms with Crippen LogP contribution in [0.4, 0.5) is 31.1 Å². The maximum Gasteiger partial charge on any atom is 0.430 e. The Labute approximate surface area is 256 Å². The van der Waals surface area contributed by atoms with Gasteiger partial charge in [0.25, 0.3) is 11.5 Å². The highest BCUT2D eigenvalue weighted by Gasteiger charge is 2.71. The summed E-state index contributed by atoms with van der Waals surface area (Å²) in [5, 5.41) is 12.7. The number of benzene rings is 2. The van der Waals surface area contributed by atoms with Crippen molar-refractivity contribution in [1.82, 2.24) is 10.2 Å². The van der Waals surface area contributed by atoms with E-state index in [1.165, 1.54) is 0 Å². The molecule has 3 amide bonds. The van der Waals surface area contributed by atoms with E-state index in [1.807, 2.05) is 20.8 Å². The third-order valence-electron chi connectivity index (χ3n) is 8.06. The standard InChI is InChI=1S/C31H36F6N2O6/c1-5-8-19-17-21(29(42,30(32,33)34)31(35,36)37)10-11-22(19)43-14-7-6-13-39-25(40)28(27(2,3)4,38-26(39)41)20-9-12-23-24(18-20)45-16-15-44-23/h9-12,17-18,42H,5-8,13-16H2,1-4H3,(H,38,41). The minimum atomic E-state index is -6.00. The van der Waals surface area contributed by atoms with Crippen molar-refractivity contribution in [3.63, 3.8) is 0 Å². The van der Waals surface area contributed by atoms with Crippen LogP contribution in [0.5, 0.6) is 17.2 Å². The van der Waals surface area contributed by atoms with Crippen molar-refractivity contribution in [1.29, 1.82) is 0 Å². The van der Waals surface area contributed by atoms with Gasteiger partial charge in [0.15, 0.2) is 17.0 Å². The van der Waals surface area contributed by atoms with E-state index in [4.69, 9.17) is 14.2 Å². The summed E-state index contributed by atoms with van der Waals surface area (Å²) in [6, 6.07) is 6.72. The molecule has 0 radical (unpaired) electrons. The second-order valence-electron chi connectivity index (χ2n) is 12.1.